The van der Waals surface area contributed by atoms with Crippen molar-refractivity contribution < 1.29 is 4.79 Å². The third-order valence-electron chi connectivity index (χ3n) is 3.69. The van der Waals surface area contributed by atoms with Crippen molar-refractivity contribution in [3.63, 3.8) is 0 Å². The highest BCUT2D eigenvalue weighted by Gasteiger charge is 2.50. The Kier molecular flexibility index (Phi) is 2.69. The topological polar surface area (TPSA) is 41.1 Å². The molecule has 1 amide bonds. The Morgan fingerprint density at radius 3 is 3.19 bits per heavy atom. The molecule has 0 aromatic carbocycles. The molecule has 3 aliphatic rings. The van der Waals surface area contributed by atoms with Crippen molar-refractivity contribution in [3.05, 3.63) is 22.4 Å². The molecular formula is C12H16N2OS. The number of hydrogen-bond acceptors (Lipinski definition) is 3. The lowest BCUT2D eigenvalue weighted by atomic mass is 9.73. The average molecular weight is 236 g/mol. The maximum absolute atomic E-state index is 11.9. The highest BCUT2D eigenvalue weighted by atomic mass is 32.1. The SMILES string of the molecule is O=C(NCCc1cccs1)[C@H]1[C@H]2CN[C@H]1C2. The quantitative estimate of drug-likeness (QED) is 0.819. The minimum Gasteiger partial charge on any atom is -0.355 e. The summed E-state index contributed by atoms with van der Waals surface area (Å²) in [7, 11) is 0. The van der Waals surface area contributed by atoms with Crippen LogP contribution in [0.25, 0.3) is 0 Å². The molecular weight excluding hydrogens is 220 g/mol. The largest absolute Gasteiger partial charge is 0.355 e. The van der Waals surface area contributed by atoms with Crippen LogP contribution in [0.3, 0.4) is 0 Å². The molecule has 4 rings (SSSR count). The summed E-state index contributed by atoms with van der Waals surface area (Å²) in [6.45, 7) is 1.81. The predicted octanol–water partition coefficient (Wildman–Crippen LogP) is 1.01. The summed E-state index contributed by atoms with van der Waals surface area (Å²) >= 11 is 1.75. The Hall–Kier alpha value is -0.870. The van der Waals surface area contributed by atoms with E-state index in [1.165, 1.54) is 11.3 Å². The molecule has 2 aliphatic heterocycles. The fourth-order valence-electron chi connectivity index (χ4n) is 2.75. The molecule has 3 nitrogen and oxygen atoms in total. The van der Waals surface area contributed by atoms with E-state index in [2.05, 4.69) is 28.1 Å². The number of carbonyl (C=O) groups excluding carboxylic acids is 1. The first-order chi connectivity index (χ1) is 7.84. The second kappa shape index (κ2) is 4.18. The van der Waals surface area contributed by atoms with E-state index in [9.17, 15) is 4.79 Å². The van der Waals surface area contributed by atoms with Gasteiger partial charge in [0.15, 0.2) is 0 Å². The van der Waals surface area contributed by atoms with Crippen LogP contribution in [0, 0.1) is 11.8 Å². The van der Waals surface area contributed by atoms with Crippen LogP contribution in [-0.4, -0.2) is 25.0 Å². The summed E-state index contributed by atoms with van der Waals surface area (Å²) in [5.74, 6) is 1.11. The second-order valence-corrected chi connectivity index (χ2v) is 5.69. The van der Waals surface area contributed by atoms with Crippen LogP contribution in [-0.2, 0) is 11.2 Å². The normalized spacial score (nSPS) is 31.1. The van der Waals surface area contributed by atoms with Crippen molar-refractivity contribution in [1.29, 1.82) is 0 Å². The second-order valence-electron chi connectivity index (χ2n) is 4.66. The molecule has 2 bridgehead atoms. The molecule has 1 aromatic heterocycles. The lowest BCUT2D eigenvalue weighted by molar-refractivity contribution is -0.129. The molecule has 2 saturated heterocycles. The van der Waals surface area contributed by atoms with Crippen LogP contribution in [0.15, 0.2) is 17.5 Å². The molecule has 1 saturated carbocycles. The summed E-state index contributed by atoms with van der Waals surface area (Å²) in [5, 5.41) is 8.50. The van der Waals surface area contributed by atoms with E-state index in [0.717, 1.165) is 19.5 Å². The number of rotatable bonds is 4. The zero-order chi connectivity index (χ0) is 11.0. The van der Waals surface area contributed by atoms with Crippen molar-refractivity contribution in [1.82, 2.24) is 10.6 Å². The van der Waals surface area contributed by atoms with E-state index in [1.807, 2.05) is 0 Å². The molecule has 2 N–H and O–H groups in total. The predicted molar refractivity (Wildman–Crippen MR) is 64.4 cm³/mol. The first kappa shape index (κ1) is 10.3. The number of thiophene rings is 1. The number of amides is 1. The third kappa shape index (κ3) is 1.76. The Bertz CT molecular complexity index is 362. The molecule has 86 valence electrons. The van der Waals surface area contributed by atoms with Gasteiger partial charge in [0.25, 0.3) is 0 Å². The number of fused-ring (bicyclic) bond motifs is 1. The van der Waals surface area contributed by atoms with Crippen LogP contribution in [0.1, 0.15) is 11.3 Å². The van der Waals surface area contributed by atoms with Gasteiger partial charge in [-0.2, -0.15) is 0 Å². The Morgan fingerprint density at radius 2 is 2.56 bits per heavy atom. The van der Waals surface area contributed by atoms with Gasteiger partial charge in [-0.15, -0.1) is 11.3 Å². The first-order valence-corrected chi connectivity index (χ1v) is 6.76. The van der Waals surface area contributed by atoms with Gasteiger partial charge in [0.2, 0.25) is 5.91 Å². The number of hydrogen-bond donors (Lipinski definition) is 2. The van der Waals surface area contributed by atoms with E-state index < -0.39 is 0 Å². The number of nitrogens with one attached hydrogen (secondary N) is 2. The third-order valence-corrected chi connectivity index (χ3v) is 4.63. The van der Waals surface area contributed by atoms with Gasteiger partial charge in [0, 0.05) is 17.5 Å². The molecule has 0 spiro atoms. The van der Waals surface area contributed by atoms with Gasteiger partial charge in [-0.25, -0.2) is 0 Å². The van der Waals surface area contributed by atoms with Crippen molar-refractivity contribution in [2.75, 3.05) is 13.1 Å². The lowest BCUT2D eigenvalue weighted by Gasteiger charge is -2.32. The van der Waals surface area contributed by atoms with Gasteiger partial charge in [-0.1, -0.05) is 6.07 Å². The Balaban J connectivity index is 1.44. The first-order valence-electron chi connectivity index (χ1n) is 5.88. The average Bonchev–Trinajstić information content (AvgIpc) is 2.94. The summed E-state index contributed by atoms with van der Waals surface area (Å²) in [4.78, 5) is 13.2. The lowest BCUT2D eigenvalue weighted by Crippen LogP contribution is -2.47. The standard InChI is InChI=1S/C12H16N2OS/c15-12(11-8-6-10(11)14-7-8)13-4-3-9-2-1-5-16-9/h1-2,5,8,10-11,14H,3-4,6-7H2,(H,13,15)/t8-,10+,11+/m1/s1. The zero-order valence-corrected chi connectivity index (χ0v) is 9.93. The van der Waals surface area contributed by atoms with E-state index >= 15 is 0 Å². The van der Waals surface area contributed by atoms with E-state index in [1.54, 1.807) is 11.3 Å². The van der Waals surface area contributed by atoms with E-state index in [0.29, 0.717) is 12.0 Å². The van der Waals surface area contributed by atoms with Gasteiger partial charge in [0.05, 0.1) is 5.92 Å². The fourth-order valence-corrected chi connectivity index (χ4v) is 3.46. The summed E-state index contributed by atoms with van der Waals surface area (Å²) in [5.41, 5.74) is 0. The van der Waals surface area contributed by atoms with E-state index in [4.69, 9.17) is 0 Å². The maximum atomic E-state index is 11.9. The van der Waals surface area contributed by atoms with Crippen LogP contribution in [0.2, 0.25) is 0 Å². The fraction of sp³-hybridized carbons (Fsp3) is 0.583. The van der Waals surface area contributed by atoms with Gasteiger partial charge in [-0.05, 0) is 36.8 Å². The van der Waals surface area contributed by atoms with Gasteiger partial charge >= 0.3 is 0 Å². The van der Waals surface area contributed by atoms with Gasteiger partial charge in [-0.3, -0.25) is 4.79 Å². The minimum atomic E-state index is 0.253. The van der Waals surface area contributed by atoms with Crippen LogP contribution >= 0.6 is 11.3 Å². The van der Waals surface area contributed by atoms with E-state index in [-0.39, 0.29) is 11.8 Å². The van der Waals surface area contributed by atoms with Crippen molar-refractivity contribution >= 4 is 17.2 Å². The Labute approximate surface area is 99.2 Å². The van der Waals surface area contributed by atoms with Crippen molar-refractivity contribution in [2.45, 2.75) is 18.9 Å². The smallest absolute Gasteiger partial charge is 0.225 e. The van der Waals surface area contributed by atoms with Crippen molar-refractivity contribution in [2.24, 2.45) is 11.8 Å². The highest BCUT2D eigenvalue weighted by Crippen LogP contribution is 2.39. The molecule has 3 heterocycles. The monoisotopic (exact) mass is 236 g/mol. The van der Waals surface area contributed by atoms with Gasteiger partial charge < -0.3 is 10.6 Å². The number of carbonyl (C=O) groups is 1. The molecule has 3 fully saturated rings. The molecule has 4 heteroatoms. The van der Waals surface area contributed by atoms with Crippen LogP contribution < -0.4 is 10.6 Å². The zero-order valence-electron chi connectivity index (χ0n) is 9.11. The summed E-state index contributed by atoms with van der Waals surface area (Å²) in [6, 6.07) is 4.63. The highest BCUT2D eigenvalue weighted by molar-refractivity contribution is 7.09. The summed E-state index contributed by atoms with van der Waals surface area (Å²) in [6.07, 6.45) is 2.15. The molecule has 0 radical (unpaired) electrons. The van der Waals surface area contributed by atoms with Crippen molar-refractivity contribution in [3.8, 4) is 0 Å². The Morgan fingerprint density at radius 1 is 1.62 bits per heavy atom. The summed E-state index contributed by atoms with van der Waals surface area (Å²) < 4.78 is 0. The van der Waals surface area contributed by atoms with Gasteiger partial charge in [0.1, 0.15) is 0 Å². The molecule has 1 aromatic rings. The molecule has 1 aliphatic carbocycles. The van der Waals surface area contributed by atoms with Crippen LogP contribution in [0.5, 0.6) is 0 Å². The maximum Gasteiger partial charge on any atom is 0.225 e. The minimum absolute atomic E-state index is 0.253. The molecule has 3 atom stereocenters. The molecule has 0 unspecified atom stereocenters. The molecule has 16 heavy (non-hydrogen) atoms. The van der Waals surface area contributed by atoms with Crippen LogP contribution in [0.4, 0.5) is 0 Å².